The van der Waals surface area contributed by atoms with Crippen LogP contribution in [0.1, 0.15) is 55.4 Å². The molecular formula is C47H56Cl2N6O7. The van der Waals surface area contributed by atoms with Crippen LogP contribution in [0.3, 0.4) is 0 Å². The van der Waals surface area contributed by atoms with E-state index in [1.54, 1.807) is 17.0 Å². The van der Waals surface area contributed by atoms with Crippen LogP contribution < -0.4 is 30.7 Å². The first-order valence-corrected chi connectivity index (χ1v) is 21.4. The largest absolute Gasteiger partial charge is 0.493 e. The smallest absolute Gasteiger partial charge is 0.317 e. The van der Waals surface area contributed by atoms with Crippen molar-refractivity contribution < 1.29 is 33.4 Å². The van der Waals surface area contributed by atoms with Crippen molar-refractivity contribution in [2.45, 2.75) is 59.0 Å². The van der Waals surface area contributed by atoms with Crippen molar-refractivity contribution >= 4 is 58.5 Å². The van der Waals surface area contributed by atoms with Gasteiger partial charge in [0, 0.05) is 92.0 Å². The third kappa shape index (κ3) is 15.5. The van der Waals surface area contributed by atoms with Crippen LogP contribution in [0.4, 0.5) is 16.2 Å². The first kappa shape index (κ1) is 47.6. The minimum Gasteiger partial charge on any atom is -0.493 e. The van der Waals surface area contributed by atoms with E-state index < -0.39 is 0 Å². The number of carbonyl (C=O) groups excluding carboxylic acids is 4. The number of benzene rings is 4. The number of likely N-dealkylation sites (tertiary alicyclic amines) is 1. The zero-order chi connectivity index (χ0) is 42.8. The quantitative estimate of drug-likeness (QED) is 0.0916. The van der Waals surface area contributed by atoms with Gasteiger partial charge in [-0.25, -0.2) is 14.6 Å². The molecule has 4 aromatic rings. The summed E-state index contributed by atoms with van der Waals surface area (Å²) in [6.07, 6.45) is 6.66. The van der Waals surface area contributed by atoms with Gasteiger partial charge in [0.2, 0.25) is 17.9 Å². The lowest BCUT2D eigenvalue weighted by atomic mass is 10.0. The van der Waals surface area contributed by atoms with Crippen molar-refractivity contribution in [3.8, 4) is 11.5 Å². The van der Waals surface area contributed by atoms with Crippen LogP contribution in [0, 0.1) is 11.8 Å². The van der Waals surface area contributed by atoms with Gasteiger partial charge in [-0.3, -0.25) is 9.59 Å². The number of rotatable bonds is 10. The summed E-state index contributed by atoms with van der Waals surface area (Å²) < 4.78 is 16.6. The molecule has 0 bridgehead atoms. The number of nitrogens with zero attached hydrogens (tertiary/aromatic N) is 2. The highest BCUT2D eigenvalue weighted by atomic mass is 35.5. The molecule has 0 radical (unpaired) electrons. The van der Waals surface area contributed by atoms with Crippen LogP contribution in [0.15, 0.2) is 89.9 Å². The summed E-state index contributed by atoms with van der Waals surface area (Å²) in [4.78, 5) is 49.8. The number of isocyanates is 1. The van der Waals surface area contributed by atoms with Crippen molar-refractivity contribution in [1.29, 1.82) is 0 Å². The van der Waals surface area contributed by atoms with Crippen molar-refractivity contribution in [3.63, 3.8) is 0 Å². The Hall–Kier alpha value is -5.43. The highest BCUT2D eigenvalue weighted by molar-refractivity contribution is 6.30. The van der Waals surface area contributed by atoms with Crippen LogP contribution in [-0.4, -0.2) is 81.4 Å². The molecule has 3 fully saturated rings. The van der Waals surface area contributed by atoms with Gasteiger partial charge in [-0.05, 0) is 109 Å². The molecular weight excluding hydrogens is 831 g/mol. The third-order valence-electron chi connectivity index (χ3n) is 10.4. The minimum atomic E-state index is -0.0595. The predicted molar refractivity (Wildman–Crippen MR) is 243 cm³/mol. The molecule has 5 aliphatic rings. The number of halogens is 2. The maximum Gasteiger partial charge on any atom is 0.317 e. The standard InChI is InChI=1S/C21H22ClN3O3.C13H16N2O2.C8H6ClNO.C4H8O.CH4/c22-17-4-1-14(2-5-17)10-23-21(27)25-11-15(12-25)13-28-18-6-7-19-16(9-18)3-8-20(26)24-19;16-13-4-1-10-5-11(2-3-12(10)15-13)17-8-9-6-14-7-9;9-8-3-1-7(2-4-8)5-10-6-11;1-2-4-5-3-1;/h1-2,4-7,9,15H,3,8,10-13H2,(H,23,27)(H,24,26);2-3,5,9,14H,1,4,6-8H2,(H,15,16);1-4H,5H2;1-4H2;1H4. The van der Waals surface area contributed by atoms with E-state index in [4.69, 9.17) is 37.4 Å². The molecule has 9 rings (SSSR count). The molecule has 0 aromatic heterocycles. The molecule has 0 aliphatic carbocycles. The maximum absolute atomic E-state index is 12.2. The van der Waals surface area contributed by atoms with Gasteiger partial charge in [-0.15, -0.1) is 0 Å². The molecule has 4 amide bonds. The second-order valence-electron chi connectivity index (χ2n) is 15.3. The fourth-order valence-electron chi connectivity index (χ4n) is 6.75. The molecule has 4 aromatic carbocycles. The number of hydrogen-bond acceptors (Lipinski definition) is 9. The first-order chi connectivity index (χ1) is 29.7. The van der Waals surface area contributed by atoms with Gasteiger partial charge in [-0.2, -0.15) is 0 Å². The topological polar surface area (TPSA) is 160 Å². The molecule has 0 atom stereocenters. The molecule has 4 N–H and O–H groups in total. The highest BCUT2D eigenvalue weighted by Crippen LogP contribution is 2.29. The van der Waals surface area contributed by atoms with Crippen molar-refractivity contribution in [2.75, 3.05) is 63.2 Å². The van der Waals surface area contributed by atoms with Gasteiger partial charge >= 0.3 is 6.03 Å². The fraction of sp³-hybridized carbons (Fsp3) is 0.404. The Kier molecular flexibility index (Phi) is 19.1. The van der Waals surface area contributed by atoms with Crippen LogP contribution in [0.25, 0.3) is 0 Å². The minimum absolute atomic E-state index is 0. The summed E-state index contributed by atoms with van der Waals surface area (Å²) >= 11 is 11.5. The van der Waals surface area contributed by atoms with Gasteiger partial charge in [0.05, 0.1) is 19.8 Å². The van der Waals surface area contributed by atoms with E-state index in [1.807, 2.05) is 72.8 Å². The third-order valence-corrected chi connectivity index (χ3v) is 11.0. The normalized spacial score (nSPS) is 16.0. The van der Waals surface area contributed by atoms with E-state index in [2.05, 4.69) is 26.3 Å². The Morgan fingerprint density at radius 3 is 1.73 bits per heavy atom. The Bertz CT molecular complexity index is 2110. The average Bonchev–Trinajstić information content (AvgIpc) is 3.84. The average molecular weight is 888 g/mol. The zero-order valence-corrected chi connectivity index (χ0v) is 35.6. The van der Waals surface area contributed by atoms with E-state index in [1.165, 1.54) is 24.5 Å². The number of fused-ring (bicyclic) bond motifs is 2. The molecule has 13 nitrogen and oxygen atoms in total. The highest BCUT2D eigenvalue weighted by Gasteiger charge is 2.31. The van der Waals surface area contributed by atoms with Crippen LogP contribution in [0.5, 0.6) is 11.5 Å². The van der Waals surface area contributed by atoms with Gasteiger partial charge in [0.25, 0.3) is 0 Å². The number of nitrogens with one attached hydrogen (secondary N) is 4. The lowest BCUT2D eigenvalue weighted by Gasteiger charge is -2.38. The Labute approximate surface area is 373 Å². The van der Waals surface area contributed by atoms with Crippen LogP contribution in [-0.2, 0) is 45.1 Å². The molecule has 330 valence electrons. The molecule has 5 aliphatic heterocycles. The van der Waals surface area contributed by atoms with Gasteiger partial charge in [0.1, 0.15) is 11.5 Å². The second-order valence-corrected chi connectivity index (χ2v) is 16.2. The number of ether oxygens (including phenoxy) is 3. The maximum atomic E-state index is 12.2. The number of hydrogen-bond donors (Lipinski definition) is 4. The summed E-state index contributed by atoms with van der Waals surface area (Å²) in [6, 6.07) is 26.2. The summed E-state index contributed by atoms with van der Waals surface area (Å²) in [6.45, 7) is 7.70. The number of aryl methyl sites for hydroxylation is 2. The summed E-state index contributed by atoms with van der Waals surface area (Å²) in [5.41, 5.74) is 6.05. The SMILES string of the molecule is C.C1CCOC1.O=C1CCc2cc(OCC3CN(C(=O)NCc4ccc(Cl)cc4)C3)ccc2N1.O=C1CCc2cc(OCC3CNC3)ccc2N1.O=C=NCc1ccc(Cl)cc1. The van der Waals surface area contributed by atoms with Gasteiger partial charge in [-0.1, -0.05) is 54.9 Å². The van der Waals surface area contributed by atoms with E-state index in [0.29, 0.717) is 67.5 Å². The number of amides is 4. The first-order valence-electron chi connectivity index (χ1n) is 20.7. The molecule has 0 unspecified atom stereocenters. The van der Waals surface area contributed by atoms with E-state index in [9.17, 15) is 19.2 Å². The van der Waals surface area contributed by atoms with Crippen molar-refractivity contribution in [2.24, 2.45) is 16.8 Å². The summed E-state index contributed by atoms with van der Waals surface area (Å²) in [7, 11) is 0. The molecule has 3 saturated heterocycles. The van der Waals surface area contributed by atoms with E-state index in [0.717, 1.165) is 85.3 Å². The molecule has 62 heavy (non-hydrogen) atoms. The molecule has 0 saturated carbocycles. The van der Waals surface area contributed by atoms with Crippen molar-refractivity contribution in [3.05, 3.63) is 117 Å². The predicted octanol–water partition coefficient (Wildman–Crippen LogP) is 8.22. The Morgan fingerprint density at radius 2 is 1.26 bits per heavy atom. The van der Waals surface area contributed by atoms with Crippen LogP contribution >= 0.6 is 23.2 Å². The molecule has 5 heterocycles. The van der Waals surface area contributed by atoms with E-state index in [-0.39, 0.29) is 25.3 Å². The lowest BCUT2D eigenvalue weighted by molar-refractivity contribution is -0.117. The Morgan fingerprint density at radius 1 is 0.742 bits per heavy atom. The summed E-state index contributed by atoms with van der Waals surface area (Å²) in [5, 5.41) is 13.3. The molecule has 0 spiro atoms. The molecule has 15 heteroatoms. The summed E-state index contributed by atoms with van der Waals surface area (Å²) in [5.74, 6) is 2.85. The number of carbonyl (C=O) groups is 3. The van der Waals surface area contributed by atoms with E-state index >= 15 is 0 Å². The fourth-order valence-corrected chi connectivity index (χ4v) is 7.00. The number of urea groups is 1. The second kappa shape index (κ2) is 24.9. The zero-order valence-electron chi connectivity index (χ0n) is 34.1. The van der Waals surface area contributed by atoms with Gasteiger partial charge in [0.15, 0.2) is 0 Å². The number of aliphatic imine (C=N–C) groups is 1. The van der Waals surface area contributed by atoms with Crippen molar-refractivity contribution in [1.82, 2.24) is 15.5 Å². The Balaban J connectivity index is 0.000000180. The lowest BCUT2D eigenvalue weighted by Crippen LogP contribution is -2.55. The number of anilines is 2. The van der Waals surface area contributed by atoms with Crippen LogP contribution in [0.2, 0.25) is 10.0 Å². The van der Waals surface area contributed by atoms with Gasteiger partial charge < -0.3 is 40.4 Å². The monoisotopic (exact) mass is 886 g/mol.